The Balaban J connectivity index is 1.87. The highest BCUT2D eigenvalue weighted by molar-refractivity contribution is 5.97. The molecule has 1 unspecified atom stereocenters. The number of aromatic nitrogens is 2. The number of nitrogen functional groups attached to an aromatic ring is 1. The molecule has 0 radical (unpaired) electrons. The van der Waals surface area contributed by atoms with Gasteiger partial charge in [-0.2, -0.15) is 0 Å². The molecule has 2 aliphatic rings. The van der Waals surface area contributed by atoms with Gasteiger partial charge in [0, 0.05) is 36.9 Å². The van der Waals surface area contributed by atoms with Crippen LogP contribution in [0.3, 0.4) is 0 Å². The third-order valence-corrected chi connectivity index (χ3v) is 6.27. The Morgan fingerprint density at radius 1 is 1.39 bits per heavy atom. The molecule has 0 aromatic carbocycles. The number of likely N-dealkylation sites (tertiary alicyclic amines) is 1. The summed E-state index contributed by atoms with van der Waals surface area (Å²) in [6.07, 6.45) is 7.15. The van der Waals surface area contributed by atoms with Crippen molar-refractivity contribution in [3.63, 3.8) is 0 Å². The molecule has 2 heterocycles. The van der Waals surface area contributed by atoms with E-state index in [0.29, 0.717) is 23.5 Å². The van der Waals surface area contributed by atoms with Gasteiger partial charge in [-0.05, 0) is 58.4 Å². The van der Waals surface area contributed by atoms with E-state index in [2.05, 4.69) is 24.1 Å². The first-order valence-corrected chi connectivity index (χ1v) is 10.0. The van der Waals surface area contributed by atoms with Gasteiger partial charge in [-0.1, -0.05) is 5.57 Å². The van der Waals surface area contributed by atoms with Crippen molar-refractivity contribution in [2.75, 3.05) is 19.3 Å². The summed E-state index contributed by atoms with van der Waals surface area (Å²) in [6.45, 7) is 6.82. The van der Waals surface area contributed by atoms with Crippen LogP contribution in [-0.2, 0) is 4.79 Å². The van der Waals surface area contributed by atoms with Gasteiger partial charge in [0.1, 0.15) is 5.82 Å². The summed E-state index contributed by atoms with van der Waals surface area (Å²) < 4.78 is 1.91. The number of rotatable bonds is 5. The number of nitrogens with zero attached hydrogens (tertiary/aromatic N) is 3. The number of nitrogens with one attached hydrogen (secondary N) is 1. The van der Waals surface area contributed by atoms with Crippen molar-refractivity contribution in [2.45, 2.75) is 65.0 Å². The molecule has 2 atom stereocenters. The molecule has 1 amide bonds. The first-order valence-electron chi connectivity index (χ1n) is 10.0. The van der Waals surface area contributed by atoms with E-state index >= 15 is 0 Å². The maximum atomic E-state index is 12.9. The molecule has 3 N–H and O–H groups in total. The molecule has 1 aromatic rings. The molecule has 1 aliphatic carbocycles. The summed E-state index contributed by atoms with van der Waals surface area (Å²) in [5.74, 6) is 0.346. The van der Waals surface area contributed by atoms with Crippen molar-refractivity contribution in [2.24, 2.45) is 0 Å². The Labute approximate surface area is 166 Å². The lowest BCUT2D eigenvalue weighted by Crippen LogP contribution is -2.34. The fourth-order valence-electron chi connectivity index (χ4n) is 4.34. The van der Waals surface area contributed by atoms with E-state index in [1.807, 2.05) is 23.4 Å². The van der Waals surface area contributed by atoms with E-state index in [-0.39, 0.29) is 18.0 Å². The monoisotopic (exact) mass is 385 g/mol. The predicted molar refractivity (Wildman–Crippen MR) is 110 cm³/mol. The number of amides is 1. The van der Waals surface area contributed by atoms with Crippen molar-refractivity contribution in [1.29, 1.82) is 0 Å². The van der Waals surface area contributed by atoms with Gasteiger partial charge in [0.05, 0.1) is 6.33 Å². The van der Waals surface area contributed by atoms with E-state index in [1.54, 1.807) is 6.33 Å². The zero-order valence-electron chi connectivity index (χ0n) is 17.3. The average molecular weight is 386 g/mol. The van der Waals surface area contributed by atoms with Gasteiger partial charge in [0.25, 0.3) is 5.91 Å². The second kappa shape index (κ2) is 8.20. The van der Waals surface area contributed by atoms with E-state index in [4.69, 9.17) is 5.73 Å². The van der Waals surface area contributed by atoms with E-state index in [1.165, 1.54) is 5.57 Å². The molecule has 1 saturated heterocycles. The third kappa shape index (κ3) is 3.57. The number of aldehydes is 1. The molecule has 1 fully saturated rings. The van der Waals surface area contributed by atoms with Crippen LogP contribution < -0.4 is 11.1 Å². The number of hydrogen-bond acceptors (Lipinski definition) is 5. The number of nitrogens with two attached hydrogens (primary N) is 1. The van der Waals surface area contributed by atoms with E-state index in [0.717, 1.165) is 49.8 Å². The highest BCUT2D eigenvalue weighted by atomic mass is 16.2. The lowest BCUT2D eigenvalue weighted by Gasteiger charge is -2.28. The number of hydrogen-bond donors (Lipinski definition) is 2. The molecule has 28 heavy (non-hydrogen) atoms. The van der Waals surface area contributed by atoms with Crippen LogP contribution in [0.2, 0.25) is 0 Å². The lowest BCUT2D eigenvalue weighted by atomic mass is 9.84. The third-order valence-electron chi connectivity index (χ3n) is 6.27. The van der Waals surface area contributed by atoms with Gasteiger partial charge in [-0.3, -0.25) is 9.59 Å². The zero-order chi connectivity index (χ0) is 20.4. The summed E-state index contributed by atoms with van der Waals surface area (Å²) in [5.41, 5.74) is 10.6. The zero-order valence-corrected chi connectivity index (χ0v) is 17.3. The predicted octanol–water partition coefficient (Wildman–Crippen LogP) is 2.82. The van der Waals surface area contributed by atoms with E-state index < -0.39 is 0 Å². The Hall–Kier alpha value is -2.57. The topological polar surface area (TPSA) is 93.2 Å². The first kappa shape index (κ1) is 20.2. The molecule has 0 bridgehead atoms. The highest BCUT2D eigenvalue weighted by Crippen LogP contribution is 2.38. The first-order chi connectivity index (χ1) is 13.4. The Bertz CT molecular complexity index is 836. The van der Waals surface area contributed by atoms with Crippen LogP contribution in [0.25, 0.3) is 0 Å². The molecule has 1 aromatic heterocycles. The smallest absolute Gasteiger partial charge is 0.276 e. The minimum atomic E-state index is -0.0801. The van der Waals surface area contributed by atoms with Gasteiger partial charge in [-0.15, -0.1) is 0 Å². The van der Waals surface area contributed by atoms with Gasteiger partial charge in [0.2, 0.25) is 0 Å². The second-order valence-electron chi connectivity index (χ2n) is 7.94. The number of carbonyl (C=O) groups excluding carboxylic acids is 2. The van der Waals surface area contributed by atoms with Crippen LogP contribution in [0.15, 0.2) is 28.7 Å². The molecule has 7 heteroatoms. The highest BCUT2D eigenvalue weighted by Gasteiger charge is 2.31. The Morgan fingerprint density at radius 2 is 2.14 bits per heavy atom. The summed E-state index contributed by atoms with van der Waals surface area (Å²) in [5, 5.41) is 3.07. The summed E-state index contributed by atoms with van der Waals surface area (Å²) in [6, 6.07) is 0.317. The molecule has 1 aliphatic heterocycles. The number of anilines is 1. The number of allylic oxidation sites excluding steroid dienone is 4. The van der Waals surface area contributed by atoms with Crippen LogP contribution in [-0.4, -0.2) is 46.3 Å². The maximum Gasteiger partial charge on any atom is 0.276 e. The van der Waals surface area contributed by atoms with Crippen LogP contribution in [0, 0.1) is 0 Å². The summed E-state index contributed by atoms with van der Waals surface area (Å²) >= 11 is 0. The van der Waals surface area contributed by atoms with Crippen molar-refractivity contribution < 1.29 is 9.59 Å². The number of imidazole rings is 1. The Morgan fingerprint density at radius 3 is 2.75 bits per heavy atom. The Kier molecular flexibility index (Phi) is 5.91. The molecule has 7 nitrogen and oxygen atoms in total. The minimum Gasteiger partial charge on any atom is -0.391 e. The molecule has 0 spiro atoms. The van der Waals surface area contributed by atoms with Crippen molar-refractivity contribution in [3.8, 4) is 0 Å². The van der Waals surface area contributed by atoms with Crippen LogP contribution >= 0.6 is 0 Å². The average Bonchev–Trinajstić information content (AvgIpc) is 3.28. The van der Waals surface area contributed by atoms with Crippen LogP contribution in [0.1, 0.15) is 69.4 Å². The number of carbonyl (C=O) groups is 2. The summed E-state index contributed by atoms with van der Waals surface area (Å²) in [7, 11) is 1.82. The maximum absolute atomic E-state index is 12.9. The molecule has 3 rings (SSSR count). The van der Waals surface area contributed by atoms with Crippen molar-refractivity contribution in [1.82, 2.24) is 19.8 Å². The van der Waals surface area contributed by atoms with Crippen LogP contribution in [0.5, 0.6) is 0 Å². The molecular formula is C21H31N5O2. The molecule has 0 saturated carbocycles. The lowest BCUT2D eigenvalue weighted by molar-refractivity contribution is -0.104. The molecule has 152 valence electrons. The fourth-order valence-corrected chi connectivity index (χ4v) is 4.34. The van der Waals surface area contributed by atoms with Gasteiger partial charge in [0.15, 0.2) is 12.0 Å². The van der Waals surface area contributed by atoms with Gasteiger partial charge in [-0.25, -0.2) is 4.98 Å². The van der Waals surface area contributed by atoms with Crippen LogP contribution in [0.4, 0.5) is 5.82 Å². The van der Waals surface area contributed by atoms with E-state index in [9.17, 15) is 9.59 Å². The SMILES string of the molecule is CN/C(C)=C(\C=O)C1=C(C)CC[C@H](n2cnc(C(=O)N3CCCC3C)c2N)C1. The fraction of sp³-hybridized carbons (Fsp3) is 0.571. The van der Waals surface area contributed by atoms with Gasteiger partial charge < -0.3 is 20.5 Å². The molecular weight excluding hydrogens is 354 g/mol. The quantitative estimate of drug-likeness (QED) is 0.600. The van der Waals surface area contributed by atoms with Crippen molar-refractivity contribution >= 4 is 18.0 Å². The largest absolute Gasteiger partial charge is 0.391 e. The normalized spacial score (nSPS) is 23.6. The second-order valence-corrected chi connectivity index (χ2v) is 7.94. The standard InChI is InChI=1S/C21H31N5O2/c1-13-7-8-16(10-17(13)18(11-27)15(3)23-4)26-12-24-19(20(26)22)21(28)25-9-5-6-14(25)2/h11-12,14,16,23H,5-10,22H2,1-4H3/b18-15+/t14?,16-/m0/s1. The van der Waals surface area contributed by atoms with Crippen molar-refractivity contribution in [3.05, 3.63) is 34.4 Å². The minimum absolute atomic E-state index is 0.0801. The summed E-state index contributed by atoms with van der Waals surface area (Å²) in [4.78, 5) is 30.8. The van der Waals surface area contributed by atoms with Gasteiger partial charge >= 0.3 is 0 Å².